The molecule has 1 aliphatic heterocycles. The van der Waals surface area contributed by atoms with Gasteiger partial charge in [-0.05, 0) is 12.0 Å². The van der Waals surface area contributed by atoms with Gasteiger partial charge < -0.3 is 9.47 Å². The van der Waals surface area contributed by atoms with Crippen LogP contribution in [-0.4, -0.2) is 6.79 Å². The van der Waals surface area contributed by atoms with E-state index in [1.165, 1.54) is 0 Å². The number of hydrogen-bond acceptors (Lipinski definition) is 2. The lowest BCUT2D eigenvalue weighted by molar-refractivity contribution is 0.0720. The highest BCUT2D eigenvalue weighted by molar-refractivity contribution is 5.23. The van der Waals surface area contributed by atoms with Crippen LogP contribution in [0.3, 0.4) is 0 Å². The van der Waals surface area contributed by atoms with Crippen LogP contribution in [0, 0.1) is 5.92 Å². The van der Waals surface area contributed by atoms with Gasteiger partial charge >= 0.3 is 0 Å². The quantitative estimate of drug-likeness (QED) is 0.508. The first kappa shape index (κ1) is 5.83. The first-order valence-corrected chi connectivity index (χ1v) is 3.53. The predicted molar refractivity (Wildman–Crippen MR) is 37.0 cm³/mol. The zero-order valence-corrected chi connectivity index (χ0v) is 5.96. The molecule has 0 fully saturated rings. The highest BCUT2D eigenvalue weighted by Crippen LogP contribution is 2.28. The topological polar surface area (TPSA) is 18.5 Å². The van der Waals surface area contributed by atoms with E-state index >= 15 is 0 Å². The molecule has 0 aromatic heterocycles. The molecular formula is C8H10O2. The zero-order valence-electron chi connectivity index (χ0n) is 5.96. The van der Waals surface area contributed by atoms with Gasteiger partial charge in [-0.25, -0.2) is 0 Å². The first-order valence-electron chi connectivity index (χ1n) is 3.53. The number of hydrogen-bond donors (Lipinski definition) is 0. The Morgan fingerprint density at radius 1 is 1.50 bits per heavy atom. The smallest absolute Gasteiger partial charge is 0.230 e. The molecule has 1 aliphatic carbocycles. The number of ether oxygens (including phenoxy) is 2. The summed E-state index contributed by atoms with van der Waals surface area (Å²) in [5, 5.41) is 0. The maximum atomic E-state index is 5.23. The molecule has 0 N–H and O–H groups in total. The summed E-state index contributed by atoms with van der Waals surface area (Å²) >= 11 is 0. The van der Waals surface area contributed by atoms with Crippen LogP contribution < -0.4 is 0 Å². The molecule has 0 aromatic carbocycles. The minimum Gasteiger partial charge on any atom is -0.458 e. The Morgan fingerprint density at radius 2 is 2.40 bits per heavy atom. The van der Waals surface area contributed by atoms with Crippen LogP contribution in [0.25, 0.3) is 0 Å². The van der Waals surface area contributed by atoms with Gasteiger partial charge in [0.15, 0.2) is 5.76 Å². The van der Waals surface area contributed by atoms with Crippen LogP contribution in [0.4, 0.5) is 0 Å². The van der Waals surface area contributed by atoms with E-state index in [4.69, 9.17) is 9.47 Å². The fourth-order valence-corrected chi connectivity index (χ4v) is 1.23. The summed E-state index contributed by atoms with van der Waals surface area (Å²) in [5.41, 5.74) is 0. The highest BCUT2D eigenvalue weighted by Gasteiger charge is 2.20. The maximum absolute atomic E-state index is 5.23. The fourth-order valence-electron chi connectivity index (χ4n) is 1.23. The van der Waals surface area contributed by atoms with Gasteiger partial charge in [-0.15, -0.1) is 0 Å². The Kier molecular flexibility index (Phi) is 1.19. The minimum atomic E-state index is 0.404. The molecule has 2 heteroatoms. The van der Waals surface area contributed by atoms with Gasteiger partial charge in [0.2, 0.25) is 6.79 Å². The third kappa shape index (κ3) is 0.801. The summed E-state index contributed by atoms with van der Waals surface area (Å²) in [6.45, 7) is 2.57. The maximum Gasteiger partial charge on any atom is 0.230 e. The lowest BCUT2D eigenvalue weighted by Gasteiger charge is -2.09. The molecule has 0 amide bonds. The summed E-state index contributed by atoms with van der Waals surface area (Å²) in [7, 11) is 0. The van der Waals surface area contributed by atoms with E-state index in [1.807, 2.05) is 6.08 Å². The van der Waals surface area contributed by atoms with Crippen molar-refractivity contribution < 1.29 is 9.47 Å². The Bertz CT molecular complexity index is 203. The molecule has 54 valence electrons. The van der Waals surface area contributed by atoms with Crippen molar-refractivity contribution in [2.75, 3.05) is 6.79 Å². The van der Waals surface area contributed by atoms with Crippen LogP contribution >= 0.6 is 0 Å². The molecule has 0 bridgehead atoms. The second-order valence-corrected chi connectivity index (χ2v) is 2.73. The van der Waals surface area contributed by atoms with Crippen molar-refractivity contribution in [3.8, 4) is 0 Å². The van der Waals surface area contributed by atoms with Gasteiger partial charge in [0.05, 0.1) is 0 Å². The number of allylic oxidation sites excluding steroid dienone is 3. The molecule has 0 saturated carbocycles. The SMILES string of the molecule is C[C@H]1C=CC2=C(C1)OCO2. The van der Waals surface area contributed by atoms with Gasteiger partial charge in [-0.1, -0.05) is 13.0 Å². The zero-order chi connectivity index (χ0) is 6.97. The van der Waals surface area contributed by atoms with Crippen LogP contribution in [0.15, 0.2) is 23.7 Å². The first-order chi connectivity index (χ1) is 4.86. The molecule has 0 unspecified atom stereocenters. The van der Waals surface area contributed by atoms with Gasteiger partial charge in [-0.2, -0.15) is 0 Å². The summed E-state index contributed by atoms with van der Waals surface area (Å²) in [6.07, 6.45) is 5.13. The molecule has 2 rings (SSSR count). The standard InChI is InChI=1S/C8H10O2/c1-6-2-3-7-8(4-6)10-5-9-7/h2-3,6H,4-5H2,1H3/t6-/m0/s1. The van der Waals surface area contributed by atoms with Gasteiger partial charge in [0, 0.05) is 6.42 Å². The van der Waals surface area contributed by atoms with Crippen LogP contribution in [-0.2, 0) is 9.47 Å². The molecule has 0 spiro atoms. The third-order valence-electron chi connectivity index (χ3n) is 1.81. The van der Waals surface area contributed by atoms with Crippen molar-refractivity contribution in [1.82, 2.24) is 0 Å². The van der Waals surface area contributed by atoms with E-state index in [9.17, 15) is 0 Å². The Labute approximate surface area is 60.1 Å². The van der Waals surface area contributed by atoms with Crippen molar-refractivity contribution in [2.24, 2.45) is 5.92 Å². The third-order valence-corrected chi connectivity index (χ3v) is 1.81. The molecule has 10 heavy (non-hydrogen) atoms. The summed E-state index contributed by atoms with van der Waals surface area (Å²) in [6, 6.07) is 0. The fraction of sp³-hybridized carbons (Fsp3) is 0.500. The Hall–Kier alpha value is -0.920. The van der Waals surface area contributed by atoms with E-state index in [-0.39, 0.29) is 0 Å². The van der Waals surface area contributed by atoms with Gasteiger partial charge in [0.1, 0.15) is 5.76 Å². The average Bonchev–Trinajstić information content (AvgIpc) is 2.33. The van der Waals surface area contributed by atoms with Gasteiger partial charge in [0.25, 0.3) is 0 Å². The Balaban J connectivity index is 2.22. The molecule has 1 heterocycles. The van der Waals surface area contributed by atoms with Crippen LogP contribution in [0.2, 0.25) is 0 Å². The van der Waals surface area contributed by atoms with Crippen molar-refractivity contribution in [3.05, 3.63) is 23.7 Å². The molecular weight excluding hydrogens is 128 g/mol. The minimum absolute atomic E-state index is 0.404. The predicted octanol–water partition coefficient (Wildman–Crippen LogP) is 1.80. The van der Waals surface area contributed by atoms with Crippen molar-refractivity contribution in [1.29, 1.82) is 0 Å². The van der Waals surface area contributed by atoms with E-state index in [2.05, 4.69) is 13.0 Å². The molecule has 0 aromatic rings. The largest absolute Gasteiger partial charge is 0.458 e. The van der Waals surface area contributed by atoms with E-state index in [0.717, 1.165) is 17.9 Å². The molecule has 1 atom stereocenters. The lowest BCUT2D eigenvalue weighted by Crippen LogP contribution is -1.99. The second-order valence-electron chi connectivity index (χ2n) is 2.73. The molecule has 2 aliphatic rings. The summed E-state index contributed by atoms with van der Waals surface area (Å²) in [5.74, 6) is 2.55. The van der Waals surface area contributed by atoms with Crippen LogP contribution in [0.5, 0.6) is 0 Å². The second kappa shape index (κ2) is 2.04. The van der Waals surface area contributed by atoms with E-state index in [1.54, 1.807) is 0 Å². The summed E-state index contributed by atoms with van der Waals surface area (Å²) in [4.78, 5) is 0. The summed E-state index contributed by atoms with van der Waals surface area (Å²) < 4.78 is 10.4. The molecule has 0 saturated heterocycles. The Morgan fingerprint density at radius 3 is 3.30 bits per heavy atom. The monoisotopic (exact) mass is 138 g/mol. The average molecular weight is 138 g/mol. The van der Waals surface area contributed by atoms with E-state index in [0.29, 0.717) is 12.7 Å². The number of rotatable bonds is 0. The molecule has 2 nitrogen and oxygen atoms in total. The lowest BCUT2D eigenvalue weighted by atomic mass is 10.0. The molecule has 0 radical (unpaired) electrons. The van der Waals surface area contributed by atoms with Crippen molar-refractivity contribution in [3.63, 3.8) is 0 Å². The van der Waals surface area contributed by atoms with Crippen LogP contribution in [0.1, 0.15) is 13.3 Å². The van der Waals surface area contributed by atoms with Crippen molar-refractivity contribution >= 4 is 0 Å². The van der Waals surface area contributed by atoms with Gasteiger partial charge in [-0.3, -0.25) is 0 Å². The highest BCUT2D eigenvalue weighted by atomic mass is 16.7. The van der Waals surface area contributed by atoms with Crippen molar-refractivity contribution in [2.45, 2.75) is 13.3 Å². The van der Waals surface area contributed by atoms with E-state index < -0.39 is 0 Å². The normalized spacial score (nSPS) is 29.5.